The predicted molar refractivity (Wildman–Crippen MR) is 55.5 cm³/mol. The minimum Gasteiger partial charge on any atom is -0.312 e. The number of nitrogens with one attached hydrogen (secondary N) is 2. The van der Waals surface area contributed by atoms with E-state index >= 15 is 0 Å². The lowest BCUT2D eigenvalue weighted by Crippen LogP contribution is -2.34. The highest BCUT2D eigenvalue weighted by Crippen LogP contribution is 2.13. The third kappa shape index (κ3) is 1.39. The highest BCUT2D eigenvalue weighted by atomic mass is 16.1. The molecule has 2 N–H and O–H groups in total. The van der Waals surface area contributed by atoms with Crippen LogP contribution in [0.4, 0.5) is 0 Å². The van der Waals surface area contributed by atoms with Crippen LogP contribution in [0.5, 0.6) is 0 Å². The van der Waals surface area contributed by atoms with Gasteiger partial charge in [-0.1, -0.05) is 0 Å². The van der Waals surface area contributed by atoms with Gasteiger partial charge in [-0.3, -0.25) is 9.89 Å². The molecule has 78 valence electrons. The molecule has 1 aliphatic rings. The molecule has 0 bridgehead atoms. The van der Waals surface area contributed by atoms with Gasteiger partial charge in [0.2, 0.25) is 0 Å². The average molecular weight is 195 g/mol. The third-order valence-corrected chi connectivity index (χ3v) is 2.60. The van der Waals surface area contributed by atoms with Gasteiger partial charge in [-0.05, 0) is 20.8 Å². The number of fused-ring (bicyclic) bond motifs is 1. The Kier molecular flexibility index (Phi) is 2.03. The first-order valence-electron chi connectivity index (χ1n) is 5.04. The Hall–Kier alpha value is -1.03. The average Bonchev–Trinajstić information content (AvgIpc) is 2.44. The van der Waals surface area contributed by atoms with E-state index in [1.165, 1.54) is 0 Å². The minimum atomic E-state index is -0.158. The summed E-state index contributed by atoms with van der Waals surface area (Å²) in [6, 6.07) is 0. The van der Waals surface area contributed by atoms with Gasteiger partial charge >= 0.3 is 0 Å². The number of hydrogen-bond donors (Lipinski definition) is 2. The smallest absolute Gasteiger partial charge is 0.271 e. The first-order chi connectivity index (χ1) is 6.50. The van der Waals surface area contributed by atoms with E-state index in [4.69, 9.17) is 0 Å². The van der Waals surface area contributed by atoms with Gasteiger partial charge < -0.3 is 5.32 Å². The van der Waals surface area contributed by atoms with Crippen molar-refractivity contribution in [3.8, 4) is 0 Å². The Morgan fingerprint density at radius 2 is 2.07 bits per heavy atom. The number of aromatic amines is 1. The molecule has 0 aliphatic carbocycles. The van der Waals surface area contributed by atoms with Crippen molar-refractivity contribution in [3.63, 3.8) is 0 Å². The van der Waals surface area contributed by atoms with Gasteiger partial charge in [-0.15, -0.1) is 0 Å². The fourth-order valence-corrected chi connectivity index (χ4v) is 1.81. The van der Waals surface area contributed by atoms with E-state index in [1.54, 1.807) is 4.68 Å². The molecule has 0 fully saturated rings. The minimum absolute atomic E-state index is 0.125. The molecular formula is C10H17N3O. The zero-order valence-electron chi connectivity index (χ0n) is 8.98. The summed E-state index contributed by atoms with van der Waals surface area (Å²) in [4.78, 5) is 12.0. The summed E-state index contributed by atoms with van der Waals surface area (Å²) in [5, 5.41) is 6.42. The molecule has 2 rings (SSSR count). The van der Waals surface area contributed by atoms with E-state index in [2.05, 4.69) is 10.4 Å². The van der Waals surface area contributed by atoms with Crippen LogP contribution in [0.25, 0.3) is 0 Å². The summed E-state index contributed by atoms with van der Waals surface area (Å²) in [6.45, 7) is 7.75. The molecule has 0 aromatic carbocycles. The van der Waals surface area contributed by atoms with Gasteiger partial charge in [0.05, 0.1) is 11.1 Å². The SMILES string of the molecule is CC(C)(C)n1[nH]c2c(c1=O)CNCC2. The van der Waals surface area contributed by atoms with Crippen LogP contribution >= 0.6 is 0 Å². The van der Waals surface area contributed by atoms with Crippen molar-refractivity contribution >= 4 is 0 Å². The topological polar surface area (TPSA) is 49.8 Å². The first-order valence-corrected chi connectivity index (χ1v) is 5.04. The van der Waals surface area contributed by atoms with Crippen LogP contribution in [0, 0.1) is 0 Å². The summed E-state index contributed by atoms with van der Waals surface area (Å²) in [6.07, 6.45) is 0.924. The fraction of sp³-hybridized carbons (Fsp3) is 0.700. The van der Waals surface area contributed by atoms with Crippen LogP contribution in [-0.2, 0) is 18.5 Å². The van der Waals surface area contributed by atoms with E-state index in [0.29, 0.717) is 6.54 Å². The largest absolute Gasteiger partial charge is 0.312 e. The van der Waals surface area contributed by atoms with Crippen molar-refractivity contribution < 1.29 is 0 Å². The van der Waals surface area contributed by atoms with Crippen molar-refractivity contribution in [2.45, 2.75) is 39.3 Å². The molecule has 1 aromatic heterocycles. The highest BCUT2D eigenvalue weighted by Gasteiger charge is 2.23. The summed E-state index contributed by atoms with van der Waals surface area (Å²) in [5.74, 6) is 0. The molecule has 0 spiro atoms. The molecule has 14 heavy (non-hydrogen) atoms. The van der Waals surface area contributed by atoms with Crippen molar-refractivity contribution in [1.29, 1.82) is 0 Å². The summed E-state index contributed by atoms with van der Waals surface area (Å²) >= 11 is 0. The molecule has 0 atom stereocenters. The van der Waals surface area contributed by atoms with Gasteiger partial charge in [0.25, 0.3) is 5.56 Å². The maximum absolute atomic E-state index is 12.0. The standard InChI is InChI=1S/C10H17N3O/c1-10(2,3)13-9(14)7-6-11-5-4-8(7)12-13/h11-12H,4-6H2,1-3H3. The Morgan fingerprint density at radius 1 is 1.36 bits per heavy atom. The van der Waals surface area contributed by atoms with Crippen molar-refractivity contribution in [2.75, 3.05) is 6.54 Å². The second-order valence-electron chi connectivity index (χ2n) is 4.81. The molecule has 0 saturated carbocycles. The quantitative estimate of drug-likeness (QED) is 0.636. The molecule has 0 unspecified atom stereocenters. The van der Waals surface area contributed by atoms with Crippen LogP contribution in [0.2, 0.25) is 0 Å². The molecule has 0 amide bonds. The fourth-order valence-electron chi connectivity index (χ4n) is 1.81. The van der Waals surface area contributed by atoms with Gasteiger partial charge in [-0.25, -0.2) is 4.68 Å². The number of rotatable bonds is 0. The predicted octanol–water partition coefficient (Wildman–Crippen LogP) is 0.577. The van der Waals surface area contributed by atoms with Gasteiger partial charge in [0.1, 0.15) is 0 Å². The molecule has 0 radical (unpaired) electrons. The maximum atomic E-state index is 12.0. The third-order valence-electron chi connectivity index (χ3n) is 2.60. The first kappa shape index (κ1) is 9.52. The lowest BCUT2D eigenvalue weighted by Gasteiger charge is -2.19. The summed E-state index contributed by atoms with van der Waals surface area (Å²) < 4.78 is 1.73. The van der Waals surface area contributed by atoms with E-state index in [1.807, 2.05) is 20.8 Å². The molecule has 4 nitrogen and oxygen atoms in total. The molecular weight excluding hydrogens is 178 g/mol. The van der Waals surface area contributed by atoms with Crippen LogP contribution in [0.15, 0.2) is 4.79 Å². The van der Waals surface area contributed by atoms with Crippen molar-refractivity contribution in [1.82, 2.24) is 15.1 Å². The summed E-state index contributed by atoms with van der Waals surface area (Å²) in [7, 11) is 0. The van der Waals surface area contributed by atoms with E-state index in [9.17, 15) is 4.79 Å². The zero-order chi connectivity index (χ0) is 10.3. The van der Waals surface area contributed by atoms with E-state index < -0.39 is 0 Å². The van der Waals surface area contributed by atoms with Gasteiger partial charge in [0, 0.05) is 25.2 Å². The van der Waals surface area contributed by atoms with Gasteiger partial charge in [-0.2, -0.15) is 0 Å². The molecule has 0 saturated heterocycles. The second kappa shape index (κ2) is 2.98. The number of aromatic nitrogens is 2. The Labute approximate surface area is 83.3 Å². The molecule has 1 aliphatic heterocycles. The Balaban J connectivity index is 2.55. The number of hydrogen-bond acceptors (Lipinski definition) is 2. The van der Waals surface area contributed by atoms with Crippen LogP contribution in [0.3, 0.4) is 0 Å². The van der Waals surface area contributed by atoms with E-state index in [-0.39, 0.29) is 11.1 Å². The monoisotopic (exact) mass is 195 g/mol. The summed E-state index contributed by atoms with van der Waals surface area (Å²) in [5.41, 5.74) is 1.98. The zero-order valence-corrected chi connectivity index (χ0v) is 8.98. The molecule has 2 heterocycles. The van der Waals surface area contributed by atoms with E-state index in [0.717, 1.165) is 24.2 Å². The number of H-pyrrole nitrogens is 1. The number of nitrogens with zero attached hydrogens (tertiary/aromatic N) is 1. The maximum Gasteiger partial charge on any atom is 0.271 e. The van der Waals surface area contributed by atoms with Gasteiger partial charge in [0.15, 0.2) is 0 Å². The molecule has 1 aromatic rings. The molecule has 4 heteroatoms. The van der Waals surface area contributed by atoms with Crippen LogP contribution in [-0.4, -0.2) is 16.3 Å². The van der Waals surface area contributed by atoms with Crippen molar-refractivity contribution in [2.24, 2.45) is 0 Å². The lowest BCUT2D eigenvalue weighted by molar-refractivity contribution is 0.343. The Morgan fingerprint density at radius 3 is 2.64 bits per heavy atom. The van der Waals surface area contributed by atoms with Crippen LogP contribution < -0.4 is 10.9 Å². The highest BCUT2D eigenvalue weighted by molar-refractivity contribution is 5.20. The van der Waals surface area contributed by atoms with Crippen molar-refractivity contribution in [3.05, 3.63) is 21.6 Å². The second-order valence-corrected chi connectivity index (χ2v) is 4.81. The normalized spacial score (nSPS) is 16.8. The lowest BCUT2D eigenvalue weighted by atomic mass is 10.1. The Bertz CT molecular complexity index is 394. The van der Waals surface area contributed by atoms with Crippen LogP contribution in [0.1, 0.15) is 32.0 Å².